The van der Waals surface area contributed by atoms with Gasteiger partial charge in [-0.1, -0.05) is 12.1 Å². The van der Waals surface area contributed by atoms with Gasteiger partial charge in [0.05, 0.1) is 6.04 Å². The second kappa shape index (κ2) is 4.87. The van der Waals surface area contributed by atoms with Crippen molar-refractivity contribution in [1.29, 1.82) is 0 Å². The highest BCUT2D eigenvalue weighted by Crippen LogP contribution is 2.34. The van der Waals surface area contributed by atoms with E-state index in [4.69, 9.17) is 5.73 Å². The van der Waals surface area contributed by atoms with E-state index in [1.807, 2.05) is 24.3 Å². The van der Waals surface area contributed by atoms with Crippen LogP contribution < -0.4 is 5.73 Å². The predicted molar refractivity (Wildman–Crippen MR) is 72.1 cm³/mol. The van der Waals surface area contributed by atoms with Crippen LogP contribution in [0.25, 0.3) is 0 Å². The lowest BCUT2D eigenvalue weighted by molar-refractivity contribution is 0.362. The third kappa shape index (κ3) is 2.36. The average molecular weight is 269 g/mol. The molecule has 5 nitrogen and oxygen atoms in total. The lowest BCUT2D eigenvalue weighted by Crippen LogP contribution is -2.39. The van der Waals surface area contributed by atoms with Gasteiger partial charge in [0.2, 0.25) is 0 Å². The van der Waals surface area contributed by atoms with Crippen LogP contribution in [0.5, 0.6) is 0 Å². The number of hydrogen-bond donors (Lipinski definition) is 1. The molecule has 0 saturated carbocycles. The molecular formula is C12H19N3O2S. The fourth-order valence-electron chi connectivity index (χ4n) is 2.28. The summed E-state index contributed by atoms with van der Waals surface area (Å²) in [7, 11) is -0.222. The first kappa shape index (κ1) is 13.3. The van der Waals surface area contributed by atoms with Crippen LogP contribution in [0.1, 0.15) is 24.4 Å². The maximum atomic E-state index is 12.2. The molecule has 2 N–H and O–H groups in total. The van der Waals surface area contributed by atoms with E-state index >= 15 is 0 Å². The Morgan fingerprint density at radius 3 is 2.44 bits per heavy atom. The normalized spacial score (nSPS) is 21.6. The summed E-state index contributed by atoms with van der Waals surface area (Å²) in [5.74, 6) is 0. The molecule has 1 heterocycles. The Kier molecular flexibility index (Phi) is 3.61. The average Bonchev–Trinajstić information content (AvgIpc) is 2.79. The van der Waals surface area contributed by atoms with Gasteiger partial charge in [-0.2, -0.15) is 17.0 Å². The highest BCUT2D eigenvalue weighted by molar-refractivity contribution is 7.86. The summed E-state index contributed by atoms with van der Waals surface area (Å²) < 4.78 is 27.3. The summed E-state index contributed by atoms with van der Waals surface area (Å²) in [6, 6.07) is 7.37. The van der Waals surface area contributed by atoms with Gasteiger partial charge in [-0.3, -0.25) is 0 Å². The number of benzene rings is 1. The van der Waals surface area contributed by atoms with E-state index in [1.54, 1.807) is 18.4 Å². The Labute approximate surface area is 108 Å². The first-order chi connectivity index (χ1) is 8.43. The Morgan fingerprint density at radius 1 is 1.28 bits per heavy atom. The summed E-state index contributed by atoms with van der Waals surface area (Å²) in [5, 5.41) is 0. The minimum atomic E-state index is -3.35. The van der Waals surface area contributed by atoms with Crippen molar-refractivity contribution in [3.05, 3.63) is 29.8 Å². The lowest BCUT2D eigenvalue weighted by atomic mass is 10.1. The Balaban J connectivity index is 2.31. The molecule has 2 rings (SSSR count). The zero-order valence-corrected chi connectivity index (χ0v) is 11.5. The monoisotopic (exact) mass is 269 g/mol. The summed E-state index contributed by atoms with van der Waals surface area (Å²) >= 11 is 0. The molecule has 1 atom stereocenters. The summed E-state index contributed by atoms with van der Waals surface area (Å²) in [5.41, 5.74) is 7.35. The molecule has 1 aromatic carbocycles. The molecule has 0 amide bonds. The lowest BCUT2D eigenvalue weighted by Gasteiger charge is -2.27. The Bertz CT molecular complexity index is 511. The predicted octanol–water partition coefficient (Wildman–Crippen LogP) is 1.21. The van der Waals surface area contributed by atoms with Crippen molar-refractivity contribution >= 4 is 15.9 Å². The highest BCUT2D eigenvalue weighted by atomic mass is 32.2. The molecule has 1 fully saturated rings. The van der Waals surface area contributed by atoms with Crippen LogP contribution in [-0.2, 0) is 10.2 Å². The molecule has 0 aliphatic carbocycles. The van der Waals surface area contributed by atoms with E-state index in [2.05, 4.69) is 0 Å². The number of rotatable bonds is 3. The molecule has 0 aromatic heterocycles. The van der Waals surface area contributed by atoms with Crippen LogP contribution in [0.3, 0.4) is 0 Å². The smallest absolute Gasteiger partial charge is 0.282 e. The quantitative estimate of drug-likeness (QED) is 0.839. The topological polar surface area (TPSA) is 66.6 Å². The van der Waals surface area contributed by atoms with Crippen LogP contribution in [0.2, 0.25) is 0 Å². The maximum absolute atomic E-state index is 12.2. The van der Waals surface area contributed by atoms with Gasteiger partial charge in [-0.25, -0.2) is 0 Å². The standard InChI is InChI=1S/C12H19N3O2S/c1-14(2)18(16,17)15-9-3-4-12(15)10-5-7-11(13)8-6-10/h5-8,12H,3-4,9,13H2,1-2H3. The summed E-state index contributed by atoms with van der Waals surface area (Å²) in [4.78, 5) is 0. The second-order valence-corrected chi connectivity index (χ2v) is 6.82. The van der Waals surface area contributed by atoms with Gasteiger partial charge in [0, 0.05) is 26.3 Å². The largest absolute Gasteiger partial charge is 0.399 e. The fraction of sp³-hybridized carbons (Fsp3) is 0.500. The van der Waals surface area contributed by atoms with Crippen molar-refractivity contribution in [2.75, 3.05) is 26.4 Å². The minimum Gasteiger partial charge on any atom is -0.399 e. The minimum absolute atomic E-state index is 0.0713. The first-order valence-corrected chi connectivity index (χ1v) is 7.37. The van der Waals surface area contributed by atoms with Crippen molar-refractivity contribution in [1.82, 2.24) is 8.61 Å². The van der Waals surface area contributed by atoms with Crippen LogP contribution in [-0.4, -0.2) is 37.7 Å². The van der Waals surface area contributed by atoms with Crippen molar-refractivity contribution < 1.29 is 8.42 Å². The molecule has 1 aliphatic rings. The van der Waals surface area contributed by atoms with E-state index in [1.165, 1.54) is 4.31 Å². The van der Waals surface area contributed by atoms with Gasteiger partial charge in [0.15, 0.2) is 0 Å². The molecule has 1 saturated heterocycles. The molecule has 100 valence electrons. The SMILES string of the molecule is CN(C)S(=O)(=O)N1CCCC1c1ccc(N)cc1. The van der Waals surface area contributed by atoms with Crippen molar-refractivity contribution in [2.45, 2.75) is 18.9 Å². The highest BCUT2D eigenvalue weighted by Gasteiger charge is 2.36. The van der Waals surface area contributed by atoms with Gasteiger partial charge in [0.25, 0.3) is 10.2 Å². The number of hydrogen-bond acceptors (Lipinski definition) is 3. The Morgan fingerprint density at radius 2 is 1.89 bits per heavy atom. The maximum Gasteiger partial charge on any atom is 0.282 e. The number of anilines is 1. The van der Waals surface area contributed by atoms with Gasteiger partial charge in [-0.05, 0) is 30.5 Å². The van der Waals surface area contributed by atoms with Crippen LogP contribution >= 0.6 is 0 Å². The molecule has 0 radical (unpaired) electrons. The fourth-order valence-corrected chi connectivity index (χ4v) is 3.61. The molecule has 0 bridgehead atoms. The van der Waals surface area contributed by atoms with Crippen LogP contribution in [0, 0.1) is 0 Å². The van der Waals surface area contributed by atoms with E-state index in [-0.39, 0.29) is 6.04 Å². The molecule has 1 aliphatic heterocycles. The molecule has 6 heteroatoms. The van der Waals surface area contributed by atoms with E-state index in [9.17, 15) is 8.42 Å². The summed E-state index contributed by atoms with van der Waals surface area (Å²) in [6.45, 7) is 0.579. The van der Waals surface area contributed by atoms with E-state index in [0.29, 0.717) is 12.2 Å². The van der Waals surface area contributed by atoms with Crippen molar-refractivity contribution in [3.8, 4) is 0 Å². The number of nitrogen functional groups attached to an aromatic ring is 1. The second-order valence-electron chi connectivity index (χ2n) is 4.73. The molecule has 1 aromatic rings. The zero-order chi connectivity index (χ0) is 13.3. The van der Waals surface area contributed by atoms with Gasteiger partial charge < -0.3 is 5.73 Å². The van der Waals surface area contributed by atoms with Gasteiger partial charge in [0.1, 0.15) is 0 Å². The molecule has 0 spiro atoms. The first-order valence-electron chi connectivity index (χ1n) is 5.97. The third-order valence-electron chi connectivity index (χ3n) is 3.28. The number of nitrogens with zero attached hydrogens (tertiary/aromatic N) is 2. The van der Waals surface area contributed by atoms with Crippen molar-refractivity contribution in [3.63, 3.8) is 0 Å². The third-order valence-corrected chi connectivity index (χ3v) is 5.24. The van der Waals surface area contributed by atoms with E-state index < -0.39 is 10.2 Å². The summed E-state index contributed by atoms with van der Waals surface area (Å²) in [6.07, 6.45) is 1.75. The van der Waals surface area contributed by atoms with Crippen LogP contribution in [0.4, 0.5) is 5.69 Å². The molecule has 18 heavy (non-hydrogen) atoms. The van der Waals surface area contributed by atoms with Gasteiger partial charge >= 0.3 is 0 Å². The molecule has 1 unspecified atom stereocenters. The van der Waals surface area contributed by atoms with Crippen molar-refractivity contribution in [2.24, 2.45) is 0 Å². The Hall–Kier alpha value is -1.11. The van der Waals surface area contributed by atoms with Gasteiger partial charge in [-0.15, -0.1) is 0 Å². The molecular weight excluding hydrogens is 250 g/mol. The number of nitrogens with two attached hydrogens (primary N) is 1. The zero-order valence-electron chi connectivity index (χ0n) is 10.7. The van der Waals surface area contributed by atoms with Crippen LogP contribution in [0.15, 0.2) is 24.3 Å². The van der Waals surface area contributed by atoms with E-state index in [0.717, 1.165) is 18.4 Å².